The molecule has 4 amide bonds. The first-order valence-corrected chi connectivity index (χ1v) is 13.6. The van der Waals surface area contributed by atoms with Crippen LogP contribution in [0.1, 0.15) is 40.9 Å². The molecule has 0 atom stereocenters. The molecule has 10 heteroatoms. The molecule has 0 unspecified atom stereocenters. The van der Waals surface area contributed by atoms with E-state index >= 15 is 0 Å². The van der Waals surface area contributed by atoms with Crippen molar-refractivity contribution in [2.45, 2.75) is 27.4 Å². The van der Waals surface area contributed by atoms with Crippen LogP contribution in [-0.4, -0.2) is 37.0 Å². The monoisotopic (exact) mass is 654 g/mol. The fourth-order valence-corrected chi connectivity index (χ4v) is 4.83. The van der Waals surface area contributed by atoms with Gasteiger partial charge in [-0.3, -0.25) is 14.9 Å². The van der Waals surface area contributed by atoms with Gasteiger partial charge in [0.15, 0.2) is 11.5 Å². The number of urea groups is 1. The minimum atomic E-state index is -0.888. The molecule has 9 nitrogen and oxygen atoms in total. The second-order valence-electron chi connectivity index (χ2n) is 8.77. The summed E-state index contributed by atoms with van der Waals surface area (Å²) in [4.78, 5) is 51.4. The molecule has 1 N–H and O–H groups in total. The Morgan fingerprint density at radius 1 is 0.975 bits per heavy atom. The Kier molecular flexibility index (Phi) is 9.20. The van der Waals surface area contributed by atoms with E-state index in [9.17, 15) is 19.2 Å². The predicted octanol–water partition coefficient (Wildman–Crippen LogP) is 5.42. The number of ether oxygens (including phenoxy) is 3. The number of barbiturate groups is 1. The summed E-state index contributed by atoms with van der Waals surface area (Å²) in [5.41, 5.74) is 2.88. The van der Waals surface area contributed by atoms with E-state index in [-0.39, 0.29) is 23.4 Å². The summed E-state index contributed by atoms with van der Waals surface area (Å²) >= 11 is 2.11. The number of carbonyl (C=O) groups is 4. The van der Waals surface area contributed by atoms with Crippen LogP contribution in [0.5, 0.6) is 11.5 Å². The highest BCUT2D eigenvalue weighted by atomic mass is 127. The first-order valence-electron chi connectivity index (χ1n) is 12.5. The molecular formula is C30H27IN2O7. The Labute approximate surface area is 245 Å². The number of aryl methyl sites for hydroxylation is 1. The molecule has 206 valence electrons. The maximum absolute atomic E-state index is 13.3. The molecule has 40 heavy (non-hydrogen) atoms. The number of nitrogens with one attached hydrogen (secondary N) is 1. The van der Waals surface area contributed by atoms with Gasteiger partial charge in [0, 0.05) is 0 Å². The van der Waals surface area contributed by atoms with Crippen LogP contribution >= 0.6 is 22.6 Å². The predicted molar refractivity (Wildman–Crippen MR) is 157 cm³/mol. The minimum absolute atomic E-state index is 0.193. The molecule has 1 aliphatic heterocycles. The van der Waals surface area contributed by atoms with E-state index in [1.54, 1.807) is 19.1 Å². The zero-order valence-corrected chi connectivity index (χ0v) is 24.3. The Morgan fingerprint density at radius 3 is 2.40 bits per heavy atom. The third-order valence-electron chi connectivity index (χ3n) is 5.85. The summed E-state index contributed by atoms with van der Waals surface area (Å²) in [6.45, 7) is 6.48. The summed E-state index contributed by atoms with van der Waals surface area (Å²) in [7, 11) is 0. The van der Waals surface area contributed by atoms with Gasteiger partial charge >= 0.3 is 12.0 Å². The van der Waals surface area contributed by atoms with Gasteiger partial charge in [0.1, 0.15) is 12.2 Å². The fourth-order valence-electron chi connectivity index (χ4n) is 4.05. The summed E-state index contributed by atoms with van der Waals surface area (Å²) in [5.74, 6) is -1.14. The van der Waals surface area contributed by atoms with E-state index in [1.165, 1.54) is 30.3 Å². The molecule has 0 spiro atoms. The van der Waals surface area contributed by atoms with Crippen molar-refractivity contribution in [1.82, 2.24) is 5.32 Å². The van der Waals surface area contributed by atoms with Crippen LogP contribution in [0.15, 0.2) is 66.2 Å². The number of imide groups is 2. The van der Waals surface area contributed by atoms with Crippen molar-refractivity contribution in [3.8, 4) is 11.5 Å². The number of hydrogen-bond donors (Lipinski definition) is 1. The molecule has 0 bridgehead atoms. The van der Waals surface area contributed by atoms with Crippen molar-refractivity contribution < 1.29 is 33.4 Å². The number of nitrogens with zero attached hydrogens (tertiary/aromatic N) is 1. The van der Waals surface area contributed by atoms with Crippen LogP contribution < -0.4 is 19.7 Å². The van der Waals surface area contributed by atoms with Crippen LogP contribution in [0, 0.1) is 10.5 Å². The number of esters is 1. The van der Waals surface area contributed by atoms with E-state index in [0.29, 0.717) is 33.8 Å². The molecule has 0 aliphatic carbocycles. The molecule has 0 aromatic heterocycles. The second kappa shape index (κ2) is 12.8. The lowest BCUT2D eigenvalue weighted by atomic mass is 10.1. The fraction of sp³-hybridized carbons (Fsp3) is 0.200. The molecule has 0 radical (unpaired) electrons. The first kappa shape index (κ1) is 28.8. The lowest BCUT2D eigenvalue weighted by Gasteiger charge is -2.26. The van der Waals surface area contributed by atoms with Gasteiger partial charge < -0.3 is 14.2 Å². The number of rotatable bonds is 9. The normalized spacial score (nSPS) is 14.2. The van der Waals surface area contributed by atoms with Crippen LogP contribution in [0.25, 0.3) is 6.08 Å². The van der Waals surface area contributed by atoms with Crippen LogP contribution in [0.3, 0.4) is 0 Å². The number of benzene rings is 3. The molecule has 3 aromatic carbocycles. The Morgan fingerprint density at radius 2 is 1.73 bits per heavy atom. The van der Waals surface area contributed by atoms with Gasteiger partial charge in [-0.25, -0.2) is 14.5 Å². The number of amides is 4. The highest BCUT2D eigenvalue weighted by molar-refractivity contribution is 14.1. The van der Waals surface area contributed by atoms with Crippen molar-refractivity contribution in [2.75, 3.05) is 18.1 Å². The summed E-state index contributed by atoms with van der Waals surface area (Å²) in [5, 5.41) is 2.20. The Bertz CT molecular complexity index is 1500. The Hall–Kier alpha value is -4.19. The van der Waals surface area contributed by atoms with Crippen molar-refractivity contribution in [3.63, 3.8) is 0 Å². The van der Waals surface area contributed by atoms with Crippen LogP contribution in [0.2, 0.25) is 0 Å². The highest BCUT2D eigenvalue weighted by Crippen LogP contribution is 2.36. The summed E-state index contributed by atoms with van der Waals surface area (Å²) < 4.78 is 17.6. The SMILES string of the molecule is CCOC(=O)c1ccc(N2C(=O)NC(=O)/C(=C\c3cc(I)c(OCc4cccc(C)c4)c(OCC)c3)C2=O)cc1. The number of anilines is 1. The quantitative estimate of drug-likeness (QED) is 0.142. The maximum Gasteiger partial charge on any atom is 0.338 e. The lowest BCUT2D eigenvalue weighted by Crippen LogP contribution is -2.54. The molecule has 1 saturated heterocycles. The van der Waals surface area contributed by atoms with Gasteiger partial charge in [-0.15, -0.1) is 0 Å². The van der Waals surface area contributed by atoms with E-state index in [4.69, 9.17) is 14.2 Å². The topological polar surface area (TPSA) is 111 Å². The van der Waals surface area contributed by atoms with Crippen LogP contribution in [0.4, 0.5) is 10.5 Å². The molecule has 0 saturated carbocycles. The van der Waals surface area contributed by atoms with Crippen LogP contribution in [-0.2, 0) is 20.9 Å². The average Bonchev–Trinajstić information content (AvgIpc) is 2.91. The lowest BCUT2D eigenvalue weighted by molar-refractivity contribution is -0.122. The van der Waals surface area contributed by atoms with Crippen molar-refractivity contribution in [2.24, 2.45) is 0 Å². The average molecular weight is 654 g/mol. The molecular weight excluding hydrogens is 627 g/mol. The summed E-state index contributed by atoms with van der Waals surface area (Å²) in [6, 6.07) is 16.3. The number of carbonyl (C=O) groups excluding carboxylic acids is 4. The maximum atomic E-state index is 13.3. The molecule has 3 aromatic rings. The van der Waals surface area contributed by atoms with E-state index < -0.39 is 23.8 Å². The summed E-state index contributed by atoms with van der Waals surface area (Å²) in [6.07, 6.45) is 1.40. The van der Waals surface area contributed by atoms with Gasteiger partial charge in [-0.05, 0) is 97.0 Å². The van der Waals surface area contributed by atoms with E-state index in [2.05, 4.69) is 27.9 Å². The largest absolute Gasteiger partial charge is 0.490 e. The van der Waals surface area contributed by atoms with Gasteiger partial charge in [-0.2, -0.15) is 0 Å². The smallest absolute Gasteiger partial charge is 0.338 e. The van der Waals surface area contributed by atoms with Crippen molar-refractivity contribution in [1.29, 1.82) is 0 Å². The standard InChI is InChI=1S/C30H27IN2O7/c1-4-38-25-16-20(15-24(31)26(25)40-17-19-8-6-7-18(3)13-19)14-23-27(34)32-30(37)33(28(23)35)22-11-9-21(10-12-22)29(36)39-5-2/h6-16H,4-5,17H2,1-3H3,(H,32,34,37)/b23-14+. The third-order valence-corrected chi connectivity index (χ3v) is 6.65. The number of hydrogen-bond acceptors (Lipinski definition) is 7. The molecule has 1 fully saturated rings. The zero-order valence-electron chi connectivity index (χ0n) is 22.2. The third kappa shape index (κ3) is 6.50. The van der Waals surface area contributed by atoms with Gasteiger partial charge in [-0.1, -0.05) is 29.8 Å². The van der Waals surface area contributed by atoms with Crippen molar-refractivity contribution in [3.05, 3.63) is 92.1 Å². The van der Waals surface area contributed by atoms with Gasteiger partial charge in [0.2, 0.25) is 0 Å². The van der Waals surface area contributed by atoms with Crippen molar-refractivity contribution >= 4 is 58.2 Å². The van der Waals surface area contributed by atoms with Gasteiger partial charge in [0.05, 0.1) is 28.0 Å². The highest BCUT2D eigenvalue weighted by Gasteiger charge is 2.37. The zero-order chi connectivity index (χ0) is 28.8. The van der Waals surface area contributed by atoms with E-state index in [0.717, 1.165) is 16.0 Å². The molecule has 1 aliphatic rings. The molecule has 1 heterocycles. The second-order valence-corrected chi connectivity index (χ2v) is 9.93. The first-order chi connectivity index (χ1) is 19.2. The number of halogens is 1. The Balaban J connectivity index is 1.62. The van der Waals surface area contributed by atoms with E-state index in [1.807, 2.05) is 38.1 Å². The van der Waals surface area contributed by atoms with Gasteiger partial charge in [0.25, 0.3) is 11.8 Å². The minimum Gasteiger partial charge on any atom is -0.490 e. The molecule has 4 rings (SSSR count).